The van der Waals surface area contributed by atoms with Crippen molar-refractivity contribution in [2.24, 2.45) is 5.92 Å². The number of amides is 2. The van der Waals surface area contributed by atoms with Gasteiger partial charge in [0.15, 0.2) is 5.82 Å². The van der Waals surface area contributed by atoms with Crippen molar-refractivity contribution < 1.29 is 14.0 Å². The number of hydrogen-bond donors (Lipinski definition) is 0. The van der Waals surface area contributed by atoms with Gasteiger partial charge in [0, 0.05) is 61.8 Å². The first-order chi connectivity index (χ1) is 16.8. The summed E-state index contributed by atoms with van der Waals surface area (Å²) < 4.78 is 20.5. The van der Waals surface area contributed by atoms with Crippen LogP contribution in [-0.4, -0.2) is 68.4 Å². The Kier molecular flexibility index (Phi) is 6.48. The quantitative estimate of drug-likeness (QED) is 0.453. The first kappa shape index (κ1) is 23.7. The molecule has 0 bridgehead atoms. The van der Waals surface area contributed by atoms with E-state index in [2.05, 4.69) is 26.2 Å². The van der Waals surface area contributed by atoms with Crippen molar-refractivity contribution in [2.45, 2.75) is 38.8 Å². The summed E-state index contributed by atoms with van der Waals surface area (Å²) in [5.41, 5.74) is 2.53. The molecule has 3 heterocycles. The topological polar surface area (TPSA) is 76.3 Å². The van der Waals surface area contributed by atoms with E-state index in [1.165, 1.54) is 4.90 Å². The van der Waals surface area contributed by atoms with Crippen LogP contribution in [0.2, 0.25) is 0 Å². The first-order valence-electron chi connectivity index (χ1n) is 11.9. The normalized spacial score (nSPS) is 16.0. The second-order valence-electron chi connectivity index (χ2n) is 9.52. The monoisotopic (exact) mass is 542 g/mol. The summed E-state index contributed by atoms with van der Waals surface area (Å²) >= 11 is 3.62. The molecule has 3 aromatic rings. The van der Waals surface area contributed by atoms with Crippen LogP contribution in [0, 0.1) is 11.7 Å². The number of rotatable bonds is 7. The Morgan fingerprint density at radius 2 is 2.06 bits per heavy atom. The van der Waals surface area contributed by atoms with Gasteiger partial charge in [0.05, 0.1) is 24.0 Å². The lowest BCUT2D eigenvalue weighted by atomic mass is 10.0. The summed E-state index contributed by atoms with van der Waals surface area (Å²) in [7, 11) is 3.36. The maximum absolute atomic E-state index is 16.1. The Morgan fingerprint density at radius 3 is 2.74 bits per heavy atom. The Balaban J connectivity index is 1.49. The van der Waals surface area contributed by atoms with E-state index in [1.807, 2.05) is 10.6 Å². The summed E-state index contributed by atoms with van der Waals surface area (Å²) in [6.07, 6.45) is 8.59. The summed E-state index contributed by atoms with van der Waals surface area (Å²) in [6, 6.07) is 3.42. The Labute approximate surface area is 211 Å². The molecule has 2 aromatic heterocycles. The van der Waals surface area contributed by atoms with Gasteiger partial charge in [-0.25, -0.2) is 4.39 Å². The van der Waals surface area contributed by atoms with Gasteiger partial charge in [0.25, 0.3) is 5.91 Å². The fourth-order valence-corrected chi connectivity index (χ4v) is 5.36. The maximum Gasteiger partial charge on any atom is 0.253 e. The lowest BCUT2D eigenvalue weighted by Crippen LogP contribution is -2.36. The fraction of sp³-hybridized carbons (Fsp3) is 0.440. The molecule has 10 heteroatoms. The largest absolute Gasteiger partial charge is 0.345 e. The van der Waals surface area contributed by atoms with Crippen molar-refractivity contribution >= 4 is 44.2 Å². The smallest absolute Gasteiger partial charge is 0.253 e. The molecule has 1 saturated carbocycles. The molecular formula is C25H28BrFN6O2. The highest BCUT2D eigenvalue weighted by atomic mass is 79.9. The van der Waals surface area contributed by atoms with E-state index >= 15 is 4.39 Å². The highest BCUT2D eigenvalue weighted by Crippen LogP contribution is 2.40. The minimum Gasteiger partial charge on any atom is -0.345 e. The van der Waals surface area contributed by atoms with Gasteiger partial charge in [0.2, 0.25) is 5.91 Å². The predicted molar refractivity (Wildman–Crippen MR) is 134 cm³/mol. The predicted octanol–water partition coefficient (Wildman–Crippen LogP) is 3.95. The molecule has 0 saturated heterocycles. The summed E-state index contributed by atoms with van der Waals surface area (Å²) in [6.45, 7) is 2.14. The first-order valence-corrected chi connectivity index (χ1v) is 12.7. The number of aryl methyl sites for hydroxylation is 1. The highest BCUT2D eigenvalue weighted by Gasteiger charge is 2.30. The molecule has 0 atom stereocenters. The van der Waals surface area contributed by atoms with Crippen molar-refractivity contribution in [3.05, 3.63) is 52.1 Å². The molecule has 2 aliphatic rings. The minimum atomic E-state index is -0.335. The Bertz CT molecular complexity index is 1310. The third-order valence-electron chi connectivity index (χ3n) is 6.67. The van der Waals surface area contributed by atoms with Gasteiger partial charge in [-0.15, -0.1) is 5.10 Å². The van der Waals surface area contributed by atoms with Crippen LogP contribution in [0.1, 0.15) is 41.7 Å². The number of nitrogens with zero attached hydrogens (tertiary/aromatic N) is 6. The van der Waals surface area contributed by atoms with Crippen LogP contribution in [0.15, 0.2) is 35.1 Å². The Hall–Kier alpha value is -3.01. The number of fused-ring (bicyclic) bond motifs is 1. The molecular weight excluding hydrogens is 515 g/mol. The van der Waals surface area contributed by atoms with E-state index in [9.17, 15) is 9.59 Å². The molecule has 8 nitrogen and oxygen atoms in total. The zero-order valence-corrected chi connectivity index (χ0v) is 21.5. The van der Waals surface area contributed by atoms with Gasteiger partial charge < -0.3 is 14.4 Å². The molecule has 1 fully saturated rings. The molecule has 1 aliphatic heterocycles. The zero-order valence-electron chi connectivity index (χ0n) is 19.9. The third kappa shape index (κ3) is 4.76. The van der Waals surface area contributed by atoms with Gasteiger partial charge >= 0.3 is 0 Å². The second-order valence-corrected chi connectivity index (χ2v) is 10.4. The van der Waals surface area contributed by atoms with Gasteiger partial charge in [-0.1, -0.05) is 11.3 Å². The fourth-order valence-electron chi connectivity index (χ4n) is 4.68. The van der Waals surface area contributed by atoms with Crippen molar-refractivity contribution in [3.8, 4) is 0 Å². The zero-order chi connectivity index (χ0) is 24.7. The molecule has 2 amide bonds. The highest BCUT2D eigenvalue weighted by molar-refractivity contribution is 9.10. The average molecular weight is 543 g/mol. The number of halogens is 2. The molecule has 1 aromatic carbocycles. The summed E-state index contributed by atoms with van der Waals surface area (Å²) in [5.74, 6) is 0.0159. The van der Waals surface area contributed by atoms with Crippen LogP contribution >= 0.6 is 15.9 Å². The van der Waals surface area contributed by atoms with Gasteiger partial charge in [-0.05, 0) is 58.8 Å². The van der Waals surface area contributed by atoms with Crippen LogP contribution in [0.3, 0.4) is 0 Å². The van der Waals surface area contributed by atoms with Crippen LogP contribution in [-0.2, 0) is 17.9 Å². The number of benzene rings is 1. The summed E-state index contributed by atoms with van der Waals surface area (Å²) in [4.78, 5) is 28.8. The van der Waals surface area contributed by atoms with Crippen molar-refractivity contribution in [2.75, 3.05) is 27.2 Å². The summed E-state index contributed by atoms with van der Waals surface area (Å²) in [5, 5.41) is 8.12. The standard InChI is InChI=1S/C25H28BrFN6O2/c1-30(2)25(35)18-12-19-22(27)23(33(14-16-5-6-16)24(19)20(26)13-18)17-4-3-9-31(15-17)21(34)7-10-32-11-8-28-29-32/h4,8,11-13,16H,3,5-7,9-10,14-15H2,1-2H3. The van der Waals surface area contributed by atoms with E-state index < -0.39 is 0 Å². The van der Waals surface area contributed by atoms with Crippen LogP contribution in [0.25, 0.3) is 16.5 Å². The third-order valence-corrected chi connectivity index (χ3v) is 7.28. The molecule has 35 heavy (non-hydrogen) atoms. The van der Waals surface area contributed by atoms with Crippen molar-refractivity contribution in [3.63, 3.8) is 0 Å². The van der Waals surface area contributed by atoms with E-state index in [0.29, 0.717) is 66.1 Å². The van der Waals surface area contributed by atoms with Crippen LogP contribution < -0.4 is 0 Å². The maximum atomic E-state index is 16.1. The second kappa shape index (κ2) is 9.56. The number of carbonyl (C=O) groups is 2. The number of carbonyl (C=O) groups excluding carboxylic acids is 2. The SMILES string of the molecule is CN(C)C(=O)c1cc(Br)c2c(c1)c(F)c(C1=CCCN(C(=O)CCn3ccnn3)C1)n2CC1CC1. The molecule has 1 aliphatic carbocycles. The minimum absolute atomic E-state index is 0.0106. The van der Waals surface area contributed by atoms with Gasteiger partial charge in [-0.2, -0.15) is 0 Å². The number of aromatic nitrogens is 4. The van der Waals surface area contributed by atoms with Crippen molar-refractivity contribution in [1.29, 1.82) is 0 Å². The van der Waals surface area contributed by atoms with Crippen LogP contribution in [0.4, 0.5) is 4.39 Å². The van der Waals surface area contributed by atoms with Gasteiger partial charge in [0.1, 0.15) is 0 Å². The molecule has 5 rings (SSSR count). The average Bonchev–Trinajstić information content (AvgIpc) is 3.42. The number of hydrogen-bond acceptors (Lipinski definition) is 4. The lowest BCUT2D eigenvalue weighted by Gasteiger charge is -2.28. The molecule has 0 spiro atoms. The van der Waals surface area contributed by atoms with Crippen molar-refractivity contribution in [1.82, 2.24) is 29.4 Å². The van der Waals surface area contributed by atoms with E-state index in [0.717, 1.165) is 23.9 Å². The molecule has 184 valence electrons. The molecule has 0 N–H and O–H groups in total. The lowest BCUT2D eigenvalue weighted by molar-refractivity contribution is -0.131. The van der Waals surface area contributed by atoms with Crippen LogP contribution in [0.5, 0.6) is 0 Å². The van der Waals surface area contributed by atoms with Gasteiger partial charge in [-0.3, -0.25) is 14.3 Å². The Morgan fingerprint density at radius 1 is 1.26 bits per heavy atom. The van der Waals surface area contributed by atoms with E-state index in [1.54, 1.807) is 48.2 Å². The molecule has 0 unspecified atom stereocenters. The van der Waals surface area contributed by atoms with E-state index in [-0.39, 0.29) is 17.6 Å². The molecule has 0 radical (unpaired) electrons. The van der Waals surface area contributed by atoms with E-state index in [4.69, 9.17) is 0 Å².